The second-order valence-electron chi connectivity index (χ2n) is 4.24. The highest BCUT2D eigenvalue weighted by Crippen LogP contribution is 2.25. The third-order valence-corrected chi connectivity index (χ3v) is 3.11. The number of ether oxygens (including phenoxy) is 1. The number of benzene rings is 1. The van der Waals surface area contributed by atoms with Crippen molar-refractivity contribution in [2.75, 3.05) is 24.7 Å². The summed E-state index contributed by atoms with van der Waals surface area (Å²) in [6.07, 6.45) is 0.930. The van der Waals surface area contributed by atoms with Crippen LogP contribution in [-0.4, -0.2) is 25.8 Å². The van der Waals surface area contributed by atoms with Gasteiger partial charge in [-0.05, 0) is 31.0 Å². The molecule has 88 valence electrons. The fraction of sp³-hybridized carbons (Fsp3) is 0.538. The van der Waals surface area contributed by atoms with Gasteiger partial charge in [-0.3, -0.25) is 0 Å². The summed E-state index contributed by atoms with van der Waals surface area (Å²) in [7, 11) is 0. The largest absolute Gasteiger partial charge is 0.377 e. The van der Waals surface area contributed by atoms with E-state index in [2.05, 4.69) is 18.7 Å². The molecule has 3 heteroatoms. The molecule has 0 N–H and O–H groups in total. The van der Waals surface area contributed by atoms with Gasteiger partial charge in [0, 0.05) is 18.3 Å². The van der Waals surface area contributed by atoms with Crippen molar-refractivity contribution in [1.29, 1.82) is 0 Å². The molecule has 0 aromatic heterocycles. The zero-order chi connectivity index (χ0) is 11.5. The van der Waals surface area contributed by atoms with Crippen molar-refractivity contribution in [3.8, 4) is 0 Å². The minimum Gasteiger partial charge on any atom is -0.377 e. The van der Waals surface area contributed by atoms with E-state index >= 15 is 0 Å². The summed E-state index contributed by atoms with van der Waals surface area (Å²) in [5.41, 5.74) is 2.23. The summed E-state index contributed by atoms with van der Waals surface area (Å²) in [5, 5.41) is 0. The maximum atomic E-state index is 13.3. The number of hydrogen-bond acceptors (Lipinski definition) is 2. The molecule has 1 fully saturated rings. The predicted octanol–water partition coefficient (Wildman–Crippen LogP) is 2.61. The highest BCUT2D eigenvalue weighted by Gasteiger charge is 2.21. The van der Waals surface area contributed by atoms with Crippen LogP contribution in [0.2, 0.25) is 0 Å². The van der Waals surface area contributed by atoms with Crippen molar-refractivity contribution in [1.82, 2.24) is 0 Å². The lowest BCUT2D eigenvalue weighted by Crippen LogP contribution is -2.44. The van der Waals surface area contributed by atoms with Crippen molar-refractivity contribution < 1.29 is 9.13 Å². The zero-order valence-corrected chi connectivity index (χ0v) is 9.87. The second kappa shape index (κ2) is 4.83. The monoisotopic (exact) mass is 223 g/mol. The van der Waals surface area contributed by atoms with Crippen LogP contribution in [0, 0.1) is 5.82 Å². The Morgan fingerprint density at radius 2 is 2.31 bits per heavy atom. The maximum absolute atomic E-state index is 13.3. The minimum atomic E-state index is -0.161. The van der Waals surface area contributed by atoms with Crippen LogP contribution < -0.4 is 4.90 Å². The van der Waals surface area contributed by atoms with Gasteiger partial charge in [-0.1, -0.05) is 13.0 Å². The van der Waals surface area contributed by atoms with Gasteiger partial charge in [0.1, 0.15) is 5.82 Å². The van der Waals surface area contributed by atoms with E-state index in [9.17, 15) is 4.39 Å². The molecule has 1 aromatic carbocycles. The molecule has 0 radical (unpaired) electrons. The SMILES string of the molecule is CCc1ccc(F)cc1N1CCOCC1C. The standard InChI is InChI=1S/C13H18FNO/c1-3-11-4-5-12(14)8-13(11)15-6-7-16-9-10(15)2/h4-5,8,10H,3,6-7,9H2,1-2H3. The van der Waals surface area contributed by atoms with Gasteiger partial charge < -0.3 is 9.64 Å². The predicted molar refractivity (Wildman–Crippen MR) is 63.4 cm³/mol. The summed E-state index contributed by atoms with van der Waals surface area (Å²) in [6, 6.07) is 5.38. The van der Waals surface area contributed by atoms with Crippen LogP contribution in [0.25, 0.3) is 0 Å². The Morgan fingerprint density at radius 3 is 3.00 bits per heavy atom. The van der Waals surface area contributed by atoms with Crippen molar-refractivity contribution in [3.05, 3.63) is 29.6 Å². The van der Waals surface area contributed by atoms with Crippen LogP contribution in [-0.2, 0) is 11.2 Å². The lowest BCUT2D eigenvalue weighted by Gasteiger charge is -2.36. The second-order valence-corrected chi connectivity index (χ2v) is 4.24. The molecular weight excluding hydrogens is 205 g/mol. The van der Waals surface area contributed by atoms with E-state index in [-0.39, 0.29) is 5.82 Å². The van der Waals surface area contributed by atoms with E-state index in [0.29, 0.717) is 6.04 Å². The first-order chi connectivity index (χ1) is 7.72. The fourth-order valence-electron chi connectivity index (χ4n) is 2.19. The average molecular weight is 223 g/mol. The molecule has 1 unspecified atom stereocenters. The summed E-state index contributed by atoms with van der Waals surface area (Å²) < 4.78 is 18.7. The van der Waals surface area contributed by atoms with Gasteiger partial charge in [0.2, 0.25) is 0 Å². The Hall–Kier alpha value is -1.09. The Morgan fingerprint density at radius 1 is 1.50 bits per heavy atom. The Balaban J connectivity index is 2.33. The summed E-state index contributed by atoms with van der Waals surface area (Å²) in [4.78, 5) is 2.24. The van der Waals surface area contributed by atoms with Gasteiger partial charge in [-0.15, -0.1) is 0 Å². The molecule has 0 spiro atoms. The highest BCUT2D eigenvalue weighted by atomic mass is 19.1. The molecule has 1 aliphatic heterocycles. The summed E-state index contributed by atoms with van der Waals surface area (Å²) in [6.45, 7) is 6.51. The molecule has 1 aliphatic rings. The molecule has 0 aliphatic carbocycles. The number of morpholine rings is 1. The van der Waals surface area contributed by atoms with Crippen molar-refractivity contribution in [2.24, 2.45) is 0 Å². The Bertz CT molecular complexity index is 367. The normalized spacial score (nSPS) is 21.2. The van der Waals surface area contributed by atoms with Crippen LogP contribution >= 0.6 is 0 Å². The summed E-state index contributed by atoms with van der Waals surface area (Å²) in [5.74, 6) is -0.161. The fourth-order valence-corrected chi connectivity index (χ4v) is 2.19. The molecule has 1 heterocycles. The minimum absolute atomic E-state index is 0.161. The van der Waals surface area contributed by atoms with Gasteiger partial charge >= 0.3 is 0 Å². The van der Waals surface area contributed by atoms with E-state index in [1.54, 1.807) is 6.07 Å². The smallest absolute Gasteiger partial charge is 0.125 e. The van der Waals surface area contributed by atoms with Crippen LogP contribution in [0.15, 0.2) is 18.2 Å². The number of anilines is 1. The number of rotatable bonds is 2. The maximum Gasteiger partial charge on any atom is 0.125 e. The lowest BCUT2D eigenvalue weighted by atomic mass is 10.1. The molecule has 2 rings (SSSR count). The Kier molecular flexibility index (Phi) is 3.44. The van der Waals surface area contributed by atoms with Crippen LogP contribution in [0.4, 0.5) is 10.1 Å². The van der Waals surface area contributed by atoms with Crippen molar-refractivity contribution in [2.45, 2.75) is 26.3 Å². The van der Waals surface area contributed by atoms with Gasteiger partial charge in [0.25, 0.3) is 0 Å². The topological polar surface area (TPSA) is 12.5 Å². The van der Waals surface area contributed by atoms with Gasteiger partial charge in [0.15, 0.2) is 0 Å². The highest BCUT2D eigenvalue weighted by molar-refractivity contribution is 5.55. The molecule has 2 nitrogen and oxygen atoms in total. The average Bonchev–Trinajstić information content (AvgIpc) is 2.29. The van der Waals surface area contributed by atoms with Crippen LogP contribution in [0.1, 0.15) is 19.4 Å². The quantitative estimate of drug-likeness (QED) is 0.764. The van der Waals surface area contributed by atoms with E-state index in [4.69, 9.17) is 4.74 Å². The van der Waals surface area contributed by atoms with E-state index in [1.807, 2.05) is 6.07 Å². The molecule has 0 saturated carbocycles. The first kappa shape index (κ1) is 11.4. The molecule has 0 amide bonds. The van der Waals surface area contributed by atoms with Crippen molar-refractivity contribution in [3.63, 3.8) is 0 Å². The number of halogens is 1. The third-order valence-electron chi connectivity index (χ3n) is 3.11. The van der Waals surface area contributed by atoms with Gasteiger partial charge in [0.05, 0.1) is 13.2 Å². The number of aryl methyl sites for hydroxylation is 1. The van der Waals surface area contributed by atoms with Crippen LogP contribution in [0.3, 0.4) is 0 Å². The molecule has 1 saturated heterocycles. The van der Waals surface area contributed by atoms with Gasteiger partial charge in [-0.25, -0.2) is 4.39 Å². The number of hydrogen-bond donors (Lipinski definition) is 0. The molecule has 0 bridgehead atoms. The van der Waals surface area contributed by atoms with E-state index < -0.39 is 0 Å². The third kappa shape index (κ3) is 2.19. The first-order valence-corrected chi connectivity index (χ1v) is 5.85. The lowest BCUT2D eigenvalue weighted by molar-refractivity contribution is 0.0988. The summed E-state index contributed by atoms with van der Waals surface area (Å²) >= 11 is 0. The van der Waals surface area contributed by atoms with E-state index in [0.717, 1.165) is 31.9 Å². The zero-order valence-electron chi connectivity index (χ0n) is 9.87. The molecule has 1 aromatic rings. The molecular formula is C13H18FNO. The van der Waals surface area contributed by atoms with E-state index in [1.165, 1.54) is 11.6 Å². The first-order valence-electron chi connectivity index (χ1n) is 5.85. The van der Waals surface area contributed by atoms with Crippen molar-refractivity contribution >= 4 is 5.69 Å². The Labute approximate surface area is 96.0 Å². The van der Waals surface area contributed by atoms with Crippen LogP contribution in [0.5, 0.6) is 0 Å². The van der Waals surface area contributed by atoms with Gasteiger partial charge in [-0.2, -0.15) is 0 Å². The molecule has 16 heavy (non-hydrogen) atoms. The molecule has 1 atom stereocenters. The number of nitrogens with zero attached hydrogens (tertiary/aromatic N) is 1.